The molecular formula is C22H22Cl2N2O3S. The number of carbonyl (C=O) groups excluding carboxylic acids is 1. The van der Waals surface area contributed by atoms with Crippen LogP contribution in [0.4, 0.5) is 5.00 Å². The van der Waals surface area contributed by atoms with Crippen molar-refractivity contribution in [3.05, 3.63) is 74.0 Å². The summed E-state index contributed by atoms with van der Waals surface area (Å²) < 4.78 is 10.8. The predicted molar refractivity (Wildman–Crippen MR) is 121 cm³/mol. The number of ether oxygens (including phenoxy) is 1. The number of amides is 1. The molecular weight excluding hydrogens is 443 g/mol. The van der Waals surface area contributed by atoms with Crippen molar-refractivity contribution in [3.63, 3.8) is 0 Å². The molecule has 1 atom stereocenters. The van der Waals surface area contributed by atoms with Crippen LogP contribution in [-0.4, -0.2) is 37.1 Å². The van der Waals surface area contributed by atoms with E-state index in [1.165, 1.54) is 6.26 Å². The van der Waals surface area contributed by atoms with Gasteiger partial charge in [0.1, 0.15) is 5.00 Å². The smallest absolute Gasteiger partial charge is 0.291 e. The summed E-state index contributed by atoms with van der Waals surface area (Å²) >= 11 is 14.1. The highest BCUT2D eigenvalue weighted by Gasteiger charge is 2.31. The maximum absolute atomic E-state index is 12.7. The minimum Gasteiger partial charge on any atom is -0.459 e. The second kappa shape index (κ2) is 9.12. The molecule has 1 aliphatic heterocycles. The summed E-state index contributed by atoms with van der Waals surface area (Å²) in [6.07, 6.45) is 1.49. The Balaban J connectivity index is 1.79. The summed E-state index contributed by atoms with van der Waals surface area (Å²) in [6.45, 7) is 7.05. The van der Waals surface area contributed by atoms with Gasteiger partial charge < -0.3 is 14.5 Å². The number of thiophene rings is 1. The minimum absolute atomic E-state index is 0.0829. The first kappa shape index (κ1) is 21.4. The molecule has 0 radical (unpaired) electrons. The molecule has 5 nitrogen and oxygen atoms in total. The number of rotatable bonds is 5. The molecule has 2 aromatic heterocycles. The number of halogens is 2. The van der Waals surface area contributed by atoms with E-state index in [0.29, 0.717) is 23.3 Å². The van der Waals surface area contributed by atoms with Crippen LogP contribution in [0, 0.1) is 13.8 Å². The third-order valence-electron chi connectivity index (χ3n) is 5.35. The van der Waals surface area contributed by atoms with Crippen LogP contribution in [0.5, 0.6) is 0 Å². The molecule has 4 rings (SSSR count). The van der Waals surface area contributed by atoms with Gasteiger partial charge in [0.05, 0.1) is 35.6 Å². The average Bonchev–Trinajstić information content (AvgIpc) is 3.37. The molecule has 0 bridgehead atoms. The van der Waals surface area contributed by atoms with E-state index in [4.69, 9.17) is 32.4 Å². The maximum Gasteiger partial charge on any atom is 0.291 e. The Bertz CT molecular complexity index is 1040. The number of hydrogen-bond donors (Lipinski definition) is 1. The first-order valence-electron chi connectivity index (χ1n) is 9.67. The van der Waals surface area contributed by atoms with Crippen molar-refractivity contribution in [1.82, 2.24) is 4.90 Å². The van der Waals surface area contributed by atoms with Gasteiger partial charge in [-0.05, 0) is 49.2 Å². The van der Waals surface area contributed by atoms with E-state index in [-0.39, 0.29) is 17.7 Å². The zero-order chi connectivity index (χ0) is 21.3. The molecule has 1 amide bonds. The second-order valence-electron chi connectivity index (χ2n) is 7.18. The summed E-state index contributed by atoms with van der Waals surface area (Å²) in [5.41, 5.74) is 3.25. The van der Waals surface area contributed by atoms with Gasteiger partial charge in [-0.25, -0.2) is 0 Å². The summed E-state index contributed by atoms with van der Waals surface area (Å²) in [5, 5.41) is 4.90. The van der Waals surface area contributed by atoms with E-state index < -0.39 is 0 Å². The number of nitrogens with zero attached hydrogens (tertiary/aromatic N) is 1. The van der Waals surface area contributed by atoms with Crippen molar-refractivity contribution >= 4 is 45.4 Å². The van der Waals surface area contributed by atoms with E-state index in [2.05, 4.69) is 24.1 Å². The van der Waals surface area contributed by atoms with Crippen LogP contribution in [0.15, 0.2) is 41.0 Å². The Kier molecular flexibility index (Phi) is 6.51. The summed E-state index contributed by atoms with van der Waals surface area (Å²) in [5.74, 6) is 0.0134. The normalized spacial score (nSPS) is 15.9. The number of aryl methyl sites for hydroxylation is 1. The summed E-state index contributed by atoms with van der Waals surface area (Å²) in [7, 11) is 0. The number of anilines is 1. The fourth-order valence-corrected chi connectivity index (χ4v) is 5.11. The molecule has 1 N–H and O–H groups in total. The topological polar surface area (TPSA) is 54.7 Å². The van der Waals surface area contributed by atoms with Crippen LogP contribution in [0.2, 0.25) is 10.0 Å². The number of hydrogen-bond acceptors (Lipinski definition) is 5. The first-order chi connectivity index (χ1) is 14.5. The van der Waals surface area contributed by atoms with Gasteiger partial charge in [0.15, 0.2) is 5.76 Å². The highest BCUT2D eigenvalue weighted by Crippen LogP contribution is 2.43. The van der Waals surface area contributed by atoms with E-state index in [1.54, 1.807) is 23.5 Å². The highest BCUT2D eigenvalue weighted by atomic mass is 35.5. The number of morpholine rings is 1. The van der Waals surface area contributed by atoms with Gasteiger partial charge in [0.2, 0.25) is 0 Å². The number of benzene rings is 1. The minimum atomic E-state index is -0.266. The summed E-state index contributed by atoms with van der Waals surface area (Å²) in [6, 6.07) is 9.00. The molecule has 0 aliphatic carbocycles. The molecule has 30 heavy (non-hydrogen) atoms. The third-order valence-corrected chi connectivity index (χ3v) is 7.23. The molecule has 1 aliphatic rings. The van der Waals surface area contributed by atoms with Crippen LogP contribution in [0.25, 0.3) is 0 Å². The Morgan fingerprint density at radius 2 is 1.93 bits per heavy atom. The van der Waals surface area contributed by atoms with E-state index in [9.17, 15) is 4.79 Å². The van der Waals surface area contributed by atoms with Gasteiger partial charge in [-0.15, -0.1) is 11.3 Å². The van der Waals surface area contributed by atoms with Crippen molar-refractivity contribution < 1.29 is 13.9 Å². The molecule has 1 saturated heterocycles. The molecule has 1 fully saturated rings. The van der Waals surface area contributed by atoms with E-state index >= 15 is 0 Å². The molecule has 158 valence electrons. The molecule has 8 heteroatoms. The lowest BCUT2D eigenvalue weighted by atomic mass is 9.94. The van der Waals surface area contributed by atoms with Crippen LogP contribution >= 0.6 is 34.5 Å². The van der Waals surface area contributed by atoms with Crippen molar-refractivity contribution in [2.24, 2.45) is 0 Å². The molecule has 0 unspecified atom stereocenters. The zero-order valence-electron chi connectivity index (χ0n) is 16.7. The lowest BCUT2D eigenvalue weighted by molar-refractivity contribution is 0.0240. The average molecular weight is 465 g/mol. The molecule has 1 aromatic carbocycles. The van der Waals surface area contributed by atoms with Gasteiger partial charge in [-0.3, -0.25) is 9.69 Å². The highest BCUT2D eigenvalue weighted by molar-refractivity contribution is 7.16. The van der Waals surface area contributed by atoms with Crippen molar-refractivity contribution in [2.75, 3.05) is 31.6 Å². The molecule has 3 heterocycles. The Labute approximate surface area is 189 Å². The first-order valence-corrected chi connectivity index (χ1v) is 11.2. The van der Waals surface area contributed by atoms with E-state index in [0.717, 1.165) is 39.7 Å². The Hall–Kier alpha value is -1.83. The quantitative estimate of drug-likeness (QED) is 0.507. The van der Waals surface area contributed by atoms with Gasteiger partial charge in [0.25, 0.3) is 5.91 Å². The van der Waals surface area contributed by atoms with Crippen LogP contribution in [-0.2, 0) is 4.74 Å². The van der Waals surface area contributed by atoms with Crippen molar-refractivity contribution in [1.29, 1.82) is 0 Å². The number of carbonyl (C=O) groups is 1. The fraction of sp³-hybridized carbons (Fsp3) is 0.318. The monoisotopic (exact) mass is 464 g/mol. The van der Waals surface area contributed by atoms with Gasteiger partial charge in [0, 0.05) is 23.5 Å². The Morgan fingerprint density at radius 1 is 1.17 bits per heavy atom. The summed E-state index contributed by atoms with van der Waals surface area (Å²) in [4.78, 5) is 16.2. The van der Waals surface area contributed by atoms with E-state index in [1.807, 2.05) is 18.2 Å². The van der Waals surface area contributed by atoms with Crippen molar-refractivity contribution in [2.45, 2.75) is 19.9 Å². The SMILES string of the molecule is Cc1sc(NC(=O)c2ccco2)c([C@H](c2ccc(Cl)c(Cl)c2)N2CCOCC2)c1C. The van der Waals surface area contributed by atoms with Gasteiger partial charge in [-0.2, -0.15) is 0 Å². The lowest BCUT2D eigenvalue weighted by Gasteiger charge is -2.35. The van der Waals surface area contributed by atoms with Gasteiger partial charge in [-0.1, -0.05) is 29.3 Å². The van der Waals surface area contributed by atoms with Crippen LogP contribution < -0.4 is 5.32 Å². The third kappa shape index (κ3) is 4.29. The predicted octanol–water partition coefficient (Wildman–Crippen LogP) is 5.94. The number of nitrogens with one attached hydrogen (secondary N) is 1. The Morgan fingerprint density at radius 3 is 2.60 bits per heavy atom. The second-order valence-corrected chi connectivity index (χ2v) is 9.22. The largest absolute Gasteiger partial charge is 0.459 e. The lowest BCUT2D eigenvalue weighted by Crippen LogP contribution is -2.40. The fourth-order valence-electron chi connectivity index (χ4n) is 3.72. The number of furan rings is 1. The van der Waals surface area contributed by atoms with Crippen LogP contribution in [0.1, 0.15) is 38.2 Å². The van der Waals surface area contributed by atoms with Crippen molar-refractivity contribution in [3.8, 4) is 0 Å². The van der Waals surface area contributed by atoms with Gasteiger partial charge >= 0.3 is 0 Å². The zero-order valence-corrected chi connectivity index (χ0v) is 19.0. The standard InChI is InChI=1S/C22H22Cl2N2O3S/c1-13-14(2)30-22(25-21(27)18-4-3-9-29-18)19(13)20(26-7-10-28-11-8-26)15-5-6-16(23)17(24)12-15/h3-6,9,12,20H,7-8,10-11H2,1-2H3,(H,25,27)/t20-/m0/s1. The molecule has 0 saturated carbocycles. The van der Waals surface area contributed by atoms with Crippen LogP contribution in [0.3, 0.4) is 0 Å². The maximum atomic E-state index is 12.7. The molecule has 3 aromatic rings. The molecule has 0 spiro atoms.